The smallest absolute Gasteiger partial charge is 0.0291 e. The molecular formula is C8H14. The topological polar surface area (TPSA) is 0 Å². The Morgan fingerprint density at radius 2 is 2.25 bits per heavy atom. The summed E-state index contributed by atoms with van der Waals surface area (Å²) in [6, 6.07) is 0. The van der Waals surface area contributed by atoms with Gasteiger partial charge in [0, 0.05) is 0 Å². The van der Waals surface area contributed by atoms with E-state index >= 15 is 0 Å². The van der Waals surface area contributed by atoms with Gasteiger partial charge in [-0.3, -0.25) is 0 Å². The molecule has 0 radical (unpaired) electrons. The van der Waals surface area contributed by atoms with Crippen molar-refractivity contribution >= 4 is 0 Å². The quantitative estimate of drug-likeness (QED) is 0.455. The Labute approximate surface area is 51.6 Å². The van der Waals surface area contributed by atoms with E-state index in [1.807, 2.05) is 0 Å². The largest absolute Gasteiger partial charge is 0.0856 e. The molecule has 1 fully saturated rings. The standard InChI is InChI=1S/C8H14/c1-3-4-8-5-7(2)6-8/h4,7H,3,5-6H2,1-2H3. The summed E-state index contributed by atoms with van der Waals surface area (Å²) in [5.74, 6) is 0.979. The zero-order valence-corrected chi connectivity index (χ0v) is 5.78. The van der Waals surface area contributed by atoms with Crippen molar-refractivity contribution in [3.63, 3.8) is 0 Å². The lowest BCUT2D eigenvalue weighted by Gasteiger charge is -2.25. The molecule has 46 valence electrons. The van der Waals surface area contributed by atoms with Crippen molar-refractivity contribution in [2.45, 2.75) is 33.1 Å². The zero-order valence-electron chi connectivity index (χ0n) is 5.78. The first kappa shape index (κ1) is 5.87. The summed E-state index contributed by atoms with van der Waals surface area (Å²) < 4.78 is 0. The molecule has 0 spiro atoms. The highest BCUT2D eigenvalue weighted by molar-refractivity contribution is 5.11. The van der Waals surface area contributed by atoms with Gasteiger partial charge in [0.2, 0.25) is 0 Å². The van der Waals surface area contributed by atoms with E-state index in [4.69, 9.17) is 0 Å². The molecule has 0 heteroatoms. The van der Waals surface area contributed by atoms with E-state index in [9.17, 15) is 0 Å². The Morgan fingerprint density at radius 3 is 2.62 bits per heavy atom. The van der Waals surface area contributed by atoms with E-state index in [1.165, 1.54) is 19.3 Å². The van der Waals surface area contributed by atoms with Crippen molar-refractivity contribution in [2.75, 3.05) is 0 Å². The molecule has 0 aromatic carbocycles. The summed E-state index contributed by atoms with van der Waals surface area (Å²) in [6.45, 7) is 4.52. The molecular weight excluding hydrogens is 96.1 g/mol. The summed E-state index contributed by atoms with van der Waals surface area (Å²) in [6.07, 6.45) is 6.32. The Kier molecular flexibility index (Phi) is 1.72. The van der Waals surface area contributed by atoms with Crippen molar-refractivity contribution < 1.29 is 0 Å². The molecule has 0 nitrogen and oxygen atoms in total. The highest BCUT2D eigenvalue weighted by atomic mass is 14.2. The average Bonchev–Trinajstić information content (AvgIpc) is 1.64. The Morgan fingerprint density at radius 1 is 1.62 bits per heavy atom. The highest BCUT2D eigenvalue weighted by Crippen LogP contribution is 2.32. The van der Waals surface area contributed by atoms with E-state index in [2.05, 4.69) is 19.9 Å². The maximum absolute atomic E-state index is 2.36. The fraction of sp³-hybridized carbons (Fsp3) is 0.750. The Balaban J connectivity index is 2.23. The van der Waals surface area contributed by atoms with Gasteiger partial charge in [-0.2, -0.15) is 0 Å². The van der Waals surface area contributed by atoms with Crippen LogP contribution in [0.1, 0.15) is 33.1 Å². The van der Waals surface area contributed by atoms with Crippen molar-refractivity contribution in [1.29, 1.82) is 0 Å². The van der Waals surface area contributed by atoms with E-state index < -0.39 is 0 Å². The summed E-state index contributed by atoms with van der Waals surface area (Å²) in [5, 5.41) is 0. The van der Waals surface area contributed by atoms with Gasteiger partial charge >= 0.3 is 0 Å². The molecule has 0 aromatic heterocycles. The lowest BCUT2D eigenvalue weighted by Crippen LogP contribution is -2.09. The van der Waals surface area contributed by atoms with Crippen molar-refractivity contribution in [2.24, 2.45) is 5.92 Å². The van der Waals surface area contributed by atoms with Crippen LogP contribution < -0.4 is 0 Å². The maximum atomic E-state index is 2.36. The normalized spacial score (nSPS) is 27.2. The van der Waals surface area contributed by atoms with Crippen LogP contribution in [0.3, 0.4) is 0 Å². The highest BCUT2D eigenvalue weighted by Gasteiger charge is 2.16. The van der Waals surface area contributed by atoms with Crippen LogP contribution in [0.25, 0.3) is 0 Å². The van der Waals surface area contributed by atoms with Crippen LogP contribution in [-0.4, -0.2) is 0 Å². The number of hydrogen-bond donors (Lipinski definition) is 0. The molecule has 1 aliphatic rings. The minimum absolute atomic E-state index is 0.979. The van der Waals surface area contributed by atoms with Gasteiger partial charge < -0.3 is 0 Å². The molecule has 1 saturated carbocycles. The lowest BCUT2D eigenvalue weighted by molar-refractivity contribution is 0.458. The number of rotatable bonds is 1. The second kappa shape index (κ2) is 2.34. The van der Waals surface area contributed by atoms with Crippen LogP contribution in [0.4, 0.5) is 0 Å². The van der Waals surface area contributed by atoms with Crippen LogP contribution in [0.5, 0.6) is 0 Å². The molecule has 0 heterocycles. The first-order valence-electron chi connectivity index (χ1n) is 3.50. The van der Waals surface area contributed by atoms with Gasteiger partial charge in [-0.25, -0.2) is 0 Å². The summed E-state index contributed by atoms with van der Waals surface area (Å²) in [5.41, 5.74) is 1.68. The van der Waals surface area contributed by atoms with E-state index in [0.717, 1.165) is 5.92 Å². The van der Waals surface area contributed by atoms with Crippen LogP contribution in [-0.2, 0) is 0 Å². The number of allylic oxidation sites excluding steroid dienone is 2. The fourth-order valence-electron chi connectivity index (χ4n) is 1.29. The monoisotopic (exact) mass is 110 g/mol. The van der Waals surface area contributed by atoms with Crippen LogP contribution in [0.2, 0.25) is 0 Å². The van der Waals surface area contributed by atoms with Gasteiger partial charge in [-0.05, 0) is 25.2 Å². The van der Waals surface area contributed by atoms with E-state index in [1.54, 1.807) is 5.57 Å². The van der Waals surface area contributed by atoms with Crippen molar-refractivity contribution in [3.8, 4) is 0 Å². The van der Waals surface area contributed by atoms with Crippen LogP contribution in [0.15, 0.2) is 11.6 Å². The van der Waals surface area contributed by atoms with Crippen molar-refractivity contribution in [1.82, 2.24) is 0 Å². The lowest BCUT2D eigenvalue weighted by atomic mass is 9.81. The molecule has 0 aromatic rings. The van der Waals surface area contributed by atoms with E-state index in [0.29, 0.717) is 0 Å². The average molecular weight is 110 g/mol. The zero-order chi connectivity index (χ0) is 5.98. The van der Waals surface area contributed by atoms with Gasteiger partial charge in [0.25, 0.3) is 0 Å². The second-order valence-electron chi connectivity index (χ2n) is 2.78. The molecule has 0 atom stereocenters. The minimum atomic E-state index is 0.979. The molecule has 0 bridgehead atoms. The molecule has 0 aliphatic heterocycles. The van der Waals surface area contributed by atoms with Gasteiger partial charge in [-0.1, -0.05) is 25.5 Å². The molecule has 0 saturated heterocycles. The molecule has 0 unspecified atom stereocenters. The molecule has 1 aliphatic carbocycles. The van der Waals surface area contributed by atoms with Crippen molar-refractivity contribution in [3.05, 3.63) is 11.6 Å². The predicted molar refractivity (Wildman–Crippen MR) is 36.8 cm³/mol. The summed E-state index contributed by atoms with van der Waals surface area (Å²) in [4.78, 5) is 0. The Hall–Kier alpha value is -0.260. The predicted octanol–water partition coefficient (Wildman–Crippen LogP) is 2.75. The first-order chi connectivity index (χ1) is 3.83. The van der Waals surface area contributed by atoms with E-state index in [-0.39, 0.29) is 0 Å². The maximum Gasteiger partial charge on any atom is -0.0291 e. The van der Waals surface area contributed by atoms with Gasteiger partial charge in [-0.15, -0.1) is 0 Å². The first-order valence-corrected chi connectivity index (χ1v) is 3.50. The fourth-order valence-corrected chi connectivity index (χ4v) is 1.29. The Bertz CT molecular complexity index is 92.6. The summed E-state index contributed by atoms with van der Waals surface area (Å²) >= 11 is 0. The second-order valence-corrected chi connectivity index (χ2v) is 2.78. The third-order valence-corrected chi connectivity index (χ3v) is 1.71. The van der Waals surface area contributed by atoms with Gasteiger partial charge in [0.1, 0.15) is 0 Å². The summed E-state index contributed by atoms with van der Waals surface area (Å²) in [7, 11) is 0. The molecule has 8 heavy (non-hydrogen) atoms. The third kappa shape index (κ3) is 1.12. The van der Waals surface area contributed by atoms with Crippen LogP contribution in [0, 0.1) is 5.92 Å². The molecule has 0 amide bonds. The van der Waals surface area contributed by atoms with Gasteiger partial charge in [0.15, 0.2) is 0 Å². The van der Waals surface area contributed by atoms with Gasteiger partial charge in [0.05, 0.1) is 0 Å². The number of hydrogen-bond acceptors (Lipinski definition) is 0. The minimum Gasteiger partial charge on any atom is -0.0856 e. The molecule has 1 rings (SSSR count). The SMILES string of the molecule is CCC=C1CC(C)C1. The molecule has 0 N–H and O–H groups in total. The van der Waals surface area contributed by atoms with Crippen LogP contribution >= 0.6 is 0 Å². The third-order valence-electron chi connectivity index (χ3n) is 1.71.